The van der Waals surface area contributed by atoms with E-state index in [2.05, 4.69) is 4.90 Å². The zero-order chi connectivity index (χ0) is 26.5. The van der Waals surface area contributed by atoms with E-state index in [1.165, 1.54) is 24.3 Å². The van der Waals surface area contributed by atoms with Crippen molar-refractivity contribution in [2.75, 3.05) is 13.1 Å². The minimum Gasteiger partial charge on any atom is -0.481 e. The van der Waals surface area contributed by atoms with Crippen molar-refractivity contribution in [2.45, 2.75) is 63.8 Å². The first-order valence-electron chi connectivity index (χ1n) is 12.1. The molecule has 2 aromatic rings. The third kappa shape index (κ3) is 7.98. The number of alkyl halides is 6. The molecule has 0 amide bonds. The maximum Gasteiger partial charge on any atom is 0.416 e. The lowest BCUT2D eigenvalue weighted by Crippen LogP contribution is -2.38. The molecule has 0 aromatic heterocycles. The molecule has 198 valence electrons. The number of likely N-dealkylation sites (tertiary alicyclic amines) is 1. The van der Waals surface area contributed by atoms with Gasteiger partial charge in [-0.3, -0.25) is 9.69 Å². The Morgan fingerprint density at radius 3 is 2.06 bits per heavy atom. The topological polar surface area (TPSA) is 40.5 Å². The average molecular weight is 516 g/mol. The molecule has 1 N–H and O–H groups in total. The van der Waals surface area contributed by atoms with Crippen LogP contribution in [0.1, 0.15) is 67.3 Å². The summed E-state index contributed by atoms with van der Waals surface area (Å²) in [5.41, 5.74) is 0.204. The van der Waals surface area contributed by atoms with E-state index in [0.29, 0.717) is 32.4 Å². The van der Waals surface area contributed by atoms with E-state index in [1.807, 2.05) is 6.92 Å². The number of carboxylic acid groups (broad SMARTS) is 1. The molecule has 3 atom stereocenters. The van der Waals surface area contributed by atoms with Gasteiger partial charge in [0.2, 0.25) is 0 Å². The van der Waals surface area contributed by atoms with E-state index < -0.39 is 29.4 Å². The van der Waals surface area contributed by atoms with Gasteiger partial charge in [-0.15, -0.1) is 0 Å². The van der Waals surface area contributed by atoms with Crippen molar-refractivity contribution < 1.29 is 36.2 Å². The number of rotatable bonds is 9. The van der Waals surface area contributed by atoms with Crippen molar-refractivity contribution in [2.24, 2.45) is 11.8 Å². The summed E-state index contributed by atoms with van der Waals surface area (Å²) in [5, 5.41) is 9.20. The third-order valence-corrected chi connectivity index (χ3v) is 6.92. The second-order valence-electron chi connectivity index (χ2n) is 9.81. The molecule has 1 aliphatic rings. The van der Waals surface area contributed by atoms with Crippen molar-refractivity contribution in [3.05, 3.63) is 70.8 Å². The Kier molecular flexibility index (Phi) is 9.08. The van der Waals surface area contributed by atoms with Gasteiger partial charge in [0.1, 0.15) is 0 Å². The Morgan fingerprint density at radius 2 is 1.53 bits per heavy atom. The van der Waals surface area contributed by atoms with Crippen LogP contribution in [0.2, 0.25) is 0 Å². The Bertz CT molecular complexity index is 985. The van der Waals surface area contributed by atoms with Crippen LogP contribution in [-0.4, -0.2) is 29.1 Å². The van der Waals surface area contributed by atoms with E-state index >= 15 is 0 Å². The predicted octanol–water partition coefficient (Wildman–Crippen LogP) is 7.61. The molecule has 1 fully saturated rings. The lowest BCUT2D eigenvalue weighted by Gasteiger charge is -2.40. The molecule has 0 saturated carbocycles. The van der Waals surface area contributed by atoms with Crippen molar-refractivity contribution in [1.29, 1.82) is 0 Å². The number of carbonyl (C=O) groups is 1. The first-order chi connectivity index (χ1) is 16.8. The van der Waals surface area contributed by atoms with Crippen LogP contribution in [0.15, 0.2) is 48.5 Å². The molecule has 1 saturated heterocycles. The Hall–Kier alpha value is -2.55. The Labute approximate surface area is 207 Å². The molecule has 9 heteroatoms. The van der Waals surface area contributed by atoms with Crippen molar-refractivity contribution >= 4 is 5.97 Å². The normalized spacial score (nSPS) is 20.3. The van der Waals surface area contributed by atoms with Crippen LogP contribution in [0.5, 0.6) is 0 Å². The van der Waals surface area contributed by atoms with Gasteiger partial charge < -0.3 is 5.11 Å². The van der Waals surface area contributed by atoms with Crippen LogP contribution in [0.3, 0.4) is 0 Å². The summed E-state index contributed by atoms with van der Waals surface area (Å²) in [7, 11) is 0. The highest BCUT2D eigenvalue weighted by atomic mass is 19.4. The van der Waals surface area contributed by atoms with Gasteiger partial charge in [-0.05, 0) is 92.4 Å². The zero-order valence-corrected chi connectivity index (χ0v) is 20.1. The molecule has 1 unspecified atom stereocenters. The summed E-state index contributed by atoms with van der Waals surface area (Å²) in [5.74, 6) is -0.669. The standard InChI is InChI=1S/C27H31F6NO2/c1-18(15-19-4-8-22(9-5-19)26(28,29)30)3-2-13-34-14-12-20(17-25(35)36)16-24(34)21-6-10-23(11-7-21)27(31,32)33/h4-11,18,20,24H,2-3,12-17H2,1H3,(H,35,36)/t18?,20-,24+/m1/s1. The molecule has 36 heavy (non-hydrogen) atoms. The van der Waals surface area contributed by atoms with Crippen LogP contribution in [0.4, 0.5) is 26.3 Å². The molecular weight excluding hydrogens is 484 g/mol. The molecule has 0 aliphatic carbocycles. The molecule has 2 aromatic carbocycles. The molecule has 1 aliphatic heterocycles. The van der Waals surface area contributed by atoms with Gasteiger partial charge in [0.05, 0.1) is 11.1 Å². The molecule has 3 rings (SSSR count). The van der Waals surface area contributed by atoms with Crippen molar-refractivity contribution in [3.8, 4) is 0 Å². The maximum absolute atomic E-state index is 13.0. The fourth-order valence-electron chi connectivity index (χ4n) is 5.01. The minimum atomic E-state index is -4.42. The molecular formula is C27H31F6NO2. The van der Waals surface area contributed by atoms with Gasteiger partial charge in [-0.25, -0.2) is 0 Å². The number of carboxylic acids is 1. The average Bonchev–Trinajstić information content (AvgIpc) is 2.79. The van der Waals surface area contributed by atoms with Gasteiger partial charge in [-0.2, -0.15) is 26.3 Å². The summed E-state index contributed by atoms with van der Waals surface area (Å²) < 4.78 is 77.2. The van der Waals surface area contributed by atoms with E-state index in [1.54, 1.807) is 0 Å². The van der Waals surface area contributed by atoms with Crippen LogP contribution in [0.25, 0.3) is 0 Å². The number of benzene rings is 2. The van der Waals surface area contributed by atoms with E-state index in [-0.39, 0.29) is 24.3 Å². The van der Waals surface area contributed by atoms with Gasteiger partial charge in [0.25, 0.3) is 0 Å². The summed E-state index contributed by atoms with van der Waals surface area (Å²) in [6, 6.07) is 10.2. The van der Waals surface area contributed by atoms with E-state index in [9.17, 15) is 36.2 Å². The first kappa shape index (κ1) is 28.0. The molecule has 0 bridgehead atoms. The second kappa shape index (κ2) is 11.7. The fourth-order valence-corrected chi connectivity index (χ4v) is 5.01. The maximum atomic E-state index is 13.0. The highest BCUT2D eigenvalue weighted by Gasteiger charge is 2.33. The lowest BCUT2D eigenvalue weighted by atomic mass is 9.84. The second-order valence-corrected chi connectivity index (χ2v) is 9.81. The van der Waals surface area contributed by atoms with Crippen LogP contribution in [-0.2, 0) is 23.6 Å². The monoisotopic (exact) mass is 515 g/mol. The Balaban J connectivity index is 1.59. The fraction of sp³-hybridized carbons (Fsp3) is 0.519. The van der Waals surface area contributed by atoms with E-state index in [0.717, 1.165) is 48.2 Å². The summed E-state index contributed by atoms with van der Waals surface area (Å²) >= 11 is 0. The van der Waals surface area contributed by atoms with Gasteiger partial charge in [0, 0.05) is 12.5 Å². The number of hydrogen-bond donors (Lipinski definition) is 1. The summed E-state index contributed by atoms with van der Waals surface area (Å²) in [6.07, 6.45) is -5.14. The van der Waals surface area contributed by atoms with Crippen LogP contribution in [0, 0.1) is 11.8 Å². The molecule has 0 radical (unpaired) electrons. The number of aliphatic carboxylic acids is 1. The van der Waals surface area contributed by atoms with E-state index in [4.69, 9.17) is 0 Å². The number of halogens is 6. The SMILES string of the molecule is CC(CCCN1CC[C@@H](CC(=O)O)C[C@H]1c1ccc(C(F)(F)F)cc1)Cc1ccc(C(F)(F)F)cc1. The van der Waals surface area contributed by atoms with Gasteiger partial charge in [0.15, 0.2) is 0 Å². The third-order valence-electron chi connectivity index (χ3n) is 6.92. The smallest absolute Gasteiger partial charge is 0.416 e. The van der Waals surface area contributed by atoms with Gasteiger partial charge in [-0.1, -0.05) is 31.2 Å². The Morgan fingerprint density at radius 1 is 0.972 bits per heavy atom. The minimum absolute atomic E-state index is 0.0368. The summed E-state index contributed by atoms with van der Waals surface area (Å²) in [6.45, 7) is 3.42. The van der Waals surface area contributed by atoms with Crippen molar-refractivity contribution in [3.63, 3.8) is 0 Å². The first-order valence-corrected chi connectivity index (χ1v) is 12.1. The molecule has 0 spiro atoms. The summed E-state index contributed by atoms with van der Waals surface area (Å²) in [4.78, 5) is 13.4. The lowest BCUT2D eigenvalue weighted by molar-refractivity contribution is -0.139. The number of hydrogen-bond acceptors (Lipinski definition) is 2. The largest absolute Gasteiger partial charge is 0.481 e. The predicted molar refractivity (Wildman–Crippen MR) is 124 cm³/mol. The quantitative estimate of drug-likeness (QED) is 0.350. The van der Waals surface area contributed by atoms with Gasteiger partial charge >= 0.3 is 18.3 Å². The number of nitrogens with zero attached hydrogens (tertiary/aromatic N) is 1. The van der Waals surface area contributed by atoms with Crippen molar-refractivity contribution in [1.82, 2.24) is 4.90 Å². The number of piperidine rings is 1. The molecule has 3 nitrogen and oxygen atoms in total. The highest BCUT2D eigenvalue weighted by molar-refractivity contribution is 5.67. The zero-order valence-electron chi connectivity index (χ0n) is 20.1. The highest BCUT2D eigenvalue weighted by Crippen LogP contribution is 2.38. The van der Waals surface area contributed by atoms with Crippen LogP contribution < -0.4 is 0 Å². The van der Waals surface area contributed by atoms with Crippen LogP contribution >= 0.6 is 0 Å². The molecule has 1 heterocycles.